The summed E-state index contributed by atoms with van der Waals surface area (Å²) in [6.07, 6.45) is 0.571. The number of aryl methyl sites for hydroxylation is 1. The van der Waals surface area contributed by atoms with E-state index in [1.54, 1.807) is 0 Å². The van der Waals surface area contributed by atoms with Crippen LogP contribution in [0.15, 0.2) is 24.3 Å². The van der Waals surface area contributed by atoms with Crippen molar-refractivity contribution in [1.82, 2.24) is 5.32 Å². The van der Waals surface area contributed by atoms with E-state index in [0.717, 1.165) is 11.3 Å². The molecule has 0 aliphatic heterocycles. The van der Waals surface area contributed by atoms with E-state index in [1.807, 2.05) is 45.0 Å². The molecule has 1 atom stereocenters. The van der Waals surface area contributed by atoms with Gasteiger partial charge in [-0.25, -0.2) is 0 Å². The second kappa shape index (κ2) is 7.01. The highest BCUT2D eigenvalue weighted by Gasteiger charge is 2.15. The summed E-state index contributed by atoms with van der Waals surface area (Å²) in [4.78, 5) is 11.2. The Balaban J connectivity index is 2.41. The van der Waals surface area contributed by atoms with Crippen molar-refractivity contribution in [2.75, 3.05) is 6.61 Å². The third-order valence-electron chi connectivity index (χ3n) is 2.54. The highest BCUT2D eigenvalue weighted by Crippen LogP contribution is 2.12. The zero-order chi connectivity index (χ0) is 13.5. The topological polar surface area (TPSA) is 64.3 Å². The Bertz CT molecular complexity index is 391. The van der Waals surface area contributed by atoms with Gasteiger partial charge in [-0.1, -0.05) is 26.0 Å². The number of nitrogens with two attached hydrogens (primary N) is 1. The Morgan fingerprint density at radius 1 is 1.44 bits per heavy atom. The van der Waals surface area contributed by atoms with Gasteiger partial charge in [0.05, 0.1) is 12.6 Å². The molecule has 0 aromatic heterocycles. The first-order valence-electron chi connectivity index (χ1n) is 6.24. The number of rotatable bonds is 7. The molecule has 1 aromatic rings. The van der Waals surface area contributed by atoms with Gasteiger partial charge in [-0.3, -0.25) is 4.79 Å². The lowest BCUT2D eigenvalue weighted by molar-refractivity contribution is -0.120. The molecule has 0 aliphatic carbocycles. The quantitative estimate of drug-likeness (QED) is 0.773. The molecular weight excluding hydrogens is 228 g/mol. The van der Waals surface area contributed by atoms with Crippen LogP contribution in [0.1, 0.15) is 25.8 Å². The lowest BCUT2D eigenvalue weighted by Crippen LogP contribution is -2.45. The van der Waals surface area contributed by atoms with Crippen LogP contribution in [0.2, 0.25) is 0 Å². The molecule has 1 amide bonds. The third kappa shape index (κ3) is 5.19. The maximum atomic E-state index is 11.2. The van der Waals surface area contributed by atoms with Crippen molar-refractivity contribution in [1.29, 1.82) is 0 Å². The lowest BCUT2D eigenvalue weighted by atomic mass is 10.2. The van der Waals surface area contributed by atoms with Gasteiger partial charge < -0.3 is 15.8 Å². The van der Waals surface area contributed by atoms with Crippen molar-refractivity contribution in [2.24, 2.45) is 5.73 Å². The van der Waals surface area contributed by atoms with Crippen LogP contribution in [0.3, 0.4) is 0 Å². The SMILES string of the molecule is Cc1cccc(OCCC(NC(C)C)C(N)=O)c1. The highest BCUT2D eigenvalue weighted by atomic mass is 16.5. The number of ether oxygens (including phenoxy) is 1. The summed E-state index contributed by atoms with van der Waals surface area (Å²) >= 11 is 0. The largest absolute Gasteiger partial charge is 0.494 e. The van der Waals surface area contributed by atoms with Crippen molar-refractivity contribution in [3.63, 3.8) is 0 Å². The molecule has 0 fully saturated rings. The molecule has 0 heterocycles. The van der Waals surface area contributed by atoms with E-state index in [2.05, 4.69) is 5.32 Å². The molecule has 0 saturated carbocycles. The summed E-state index contributed by atoms with van der Waals surface area (Å²) in [7, 11) is 0. The second-order valence-electron chi connectivity index (χ2n) is 4.73. The molecule has 0 aliphatic rings. The van der Waals surface area contributed by atoms with E-state index < -0.39 is 0 Å². The Morgan fingerprint density at radius 2 is 2.17 bits per heavy atom. The van der Waals surface area contributed by atoms with Gasteiger partial charge in [0.1, 0.15) is 5.75 Å². The number of carbonyl (C=O) groups is 1. The fourth-order valence-corrected chi connectivity index (χ4v) is 1.71. The van der Waals surface area contributed by atoms with Crippen LogP contribution in [0.5, 0.6) is 5.75 Å². The molecule has 1 unspecified atom stereocenters. The van der Waals surface area contributed by atoms with E-state index in [-0.39, 0.29) is 18.0 Å². The molecule has 4 nitrogen and oxygen atoms in total. The standard InChI is InChI=1S/C14H22N2O2/c1-10(2)16-13(14(15)17)7-8-18-12-6-4-5-11(3)9-12/h4-6,9-10,13,16H,7-8H2,1-3H3,(H2,15,17). The average molecular weight is 250 g/mol. The fraction of sp³-hybridized carbons (Fsp3) is 0.500. The Kier molecular flexibility index (Phi) is 5.65. The number of primary amides is 1. The minimum absolute atomic E-state index is 0.224. The van der Waals surface area contributed by atoms with Gasteiger partial charge in [0.2, 0.25) is 5.91 Å². The first-order chi connectivity index (χ1) is 8.49. The summed E-state index contributed by atoms with van der Waals surface area (Å²) in [5.41, 5.74) is 6.48. The molecule has 18 heavy (non-hydrogen) atoms. The molecule has 1 rings (SSSR count). The van der Waals surface area contributed by atoms with Gasteiger partial charge in [-0.2, -0.15) is 0 Å². The number of nitrogens with one attached hydrogen (secondary N) is 1. The van der Waals surface area contributed by atoms with Crippen LogP contribution in [0.25, 0.3) is 0 Å². The predicted octanol–water partition coefficient (Wildman–Crippen LogP) is 1.62. The third-order valence-corrected chi connectivity index (χ3v) is 2.54. The van der Waals surface area contributed by atoms with Crippen LogP contribution < -0.4 is 15.8 Å². The maximum Gasteiger partial charge on any atom is 0.234 e. The van der Waals surface area contributed by atoms with Crippen molar-refractivity contribution in [2.45, 2.75) is 39.3 Å². The van der Waals surface area contributed by atoms with Crippen molar-refractivity contribution in [3.05, 3.63) is 29.8 Å². The van der Waals surface area contributed by atoms with Crippen LogP contribution >= 0.6 is 0 Å². The summed E-state index contributed by atoms with van der Waals surface area (Å²) < 4.78 is 5.60. The first kappa shape index (κ1) is 14.5. The van der Waals surface area contributed by atoms with Crippen molar-refractivity contribution in [3.8, 4) is 5.75 Å². The maximum absolute atomic E-state index is 11.2. The van der Waals surface area contributed by atoms with Gasteiger partial charge >= 0.3 is 0 Å². The first-order valence-corrected chi connectivity index (χ1v) is 6.24. The molecule has 1 aromatic carbocycles. The zero-order valence-corrected chi connectivity index (χ0v) is 11.3. The Morgan fingerprint density at radius 3 is 2.72 bits per heavy atom. The van der Waals surface area contributed by atoms with E-state index in [0.29, 0.717) is 13.0 Å². The zero-order valence-electron chi connectivity index (χ0n) is 11.3. The van der Waals surface area contributed by atoms with E-state index in [9.17, 15) is 4.79 Å². The fourth-order valence-electron chi connectivity index (χ4n) is 1.71. The number of benzene rings is 1. The number of hydrogen-bond acceptors (Lipinski definition) is 3. The Labute approximate surface area is 109 Å². The summed E-state index contributed by atoms with van der Waals surface area (Å²) in [6, 6.07) is 7.72. The van der Waals surface area contributed by atoms with Crippen LogP contribution in [-0.4, -0.2) is 24.6 Å². The summed E-state index contributed by atoms with van der Waals surface area (Å²) in [5, 5.41) is 3.12. The summed E-state index contributed by atoms with van der Waals surface area (Å²) in [6.45, 7) is 6.45. The lowest BCUT2D eigenvalue weighted by Gasteiger charge is -2.18. The normalized spacial score (nSPS) is 12.4. The molecule has 0 saturated heterocycles. The number of carbonyl (C=O) groups excluding carboxylic acids is 1. The Hall–Kier alpha value is -1.55. The molecule has 0 radical (unpaired) electrons. The van der Waals surface area contributed by atoms with Crippen LogP contribution in [-0.2, 0) is 4.79 Å². The number of hydrogen-bond donors (Lipinski definition) is 2. The van der Waals surface area contributed by atoms with Gasteiger partial charge in [-0.15, -0.1) is 0 Å². The van der Waals surface area contributed by atoms with Gasteiger partial charge in [0.25, 0.3) is 0 Å². The van der Waals surface area contributed by atoms with E-state index in [1.165, 1.54) is 0 Å². The predicted molar refractivity (Wildman–Crippen MR) is 72.5 cm³/mol. The summed E-state index contributed by atoms with van der Waals surface area (Å²) in [5.74, 6) is 0.485. The molecule has 0 spiro atoms. The second-order valence-corrected chi connectivity index (χ2v) is 4.73. The van der Waals surface area contributed by atoms with Gasteiger partial charge in [0.15, 0.2) is 0 Å². The monoisotopic (exact) mass is 250 g/mol. The molecular formula is C14H22N2O2. The van der Waals surface area contributed by atoms with Crippen LogP contribution in [0.4, 0.5) is 0 Å². The highest BCUT2D eigenvalue weighted by molar-refractivity contribution is 5.79. The van der Waals surface area contributed by atoms with Crippen molar-refractivity contribution >= 4 is 5.91 Å². The molecule has 0 bridgehead atoms. The van der Waals surface area contributed by atoms with E-state index in [4.69, 9.17) is 10.5 Å². The van der Waals surface area contributed by atoms with Crippen LogP contribution in [0, 0.1) is 6.92 Å². The molecule has 3 N–H and O–H groups in total. The minimum atomic E-state index is -0.338. The van der Waals surface area contributed by atoms with Gasteiger partial charge in [0, 0.05) is 12.5 Å². The van der Waals surface area contributed by atoms with E-state index >= 15 is 0 Å². The molecule has 4 heteroatoms. The molecule has 100 valence electrons. The van der Waals surface area contributed by atoms with Crippen molar-refractivity contribution < 1.29 is 9.53 Å². The smallest absolute Gasteiger partial charge is 0.234 e. The number of amides is 1. The van der Waals surface area contributed by atoms with Gasteiger partial charge in [-0.05, 0) is 24.6 Å². The average Bonchev–Trinajstić information content (AvgIpc) is 2.27. The minimum Gasteiger partial charge on any atom is -0.494 e.